The molecule has 2 nitrogen and oxygen atoms in total. The van der Waals surface area contributed by atoms with E-state index < -0.39 is 0 Å². The number of carbonyl (C=O) groups is 1. The van der Waals surface area contributed by atoms with Gasteiger partial charge in [0.1, 0.15) is 5.75 Å². The highest BCUT2D eigenvalue weighted by Crippen LogP contribution is 2.24. The van der Waals surface area contributed by atoms with Crippen LogP contribution in [0.4, 0.5) is 0 Å². The Morgan fingerprint density at radius 3 is 2.50 bits per heavy atom. The molecule has 2 aromatic carbocycles. The largest absolute Gasteiger partial charge is 0.494 e. The van der Waals surface area contributed by atoms with E-state index in [-0.39, 0.29) is 5.78 Å². The third-order valence-corrected chi connectivity index (χ3v) is 2.84. The molecule has 3 heteroatoms. The van der Waals surface area contributed by atoms with Crippen molar-refractivity contribution < 1.29 is 9.53 Å². The highest BCUT2D eigenvalue weighted by Gasteiger charge is 2.13. The third-order valence-electron chi connectivity index (χ3n) is 2.53. The van der Waals surface area contributed by atoms with E-state index in [0.717, 1.165) is 0 Å². The molecule has 2 aromatic rings. The lowest BCUT2D eigenvalue weighted by Crippen LogP contribution is -2.02. The average molecular weight is 261 g/mol. The topological polar surface area (TPSA) is 26.3 Å². The van der Waals surface area contributed by atoms with E-state index in [1.54, 1.807) is 30.3 Å². The molecule has 0 aliphatic carbocycles. The second kappa shape index (κ2) is 5.69. The predicted molar refractivity (Wildman–Crippen MR) is 72.5 cm³/mol. The highest BCUT2D eigenvalue weighted by molar-refractivity contribution is 6.35. The van der Waals surface area contributed by atoms with Crippen LogP contribution in [-0.4, -0.2) is 12.4 Å². The number of halogens is 1. The van der Waals surface area contributed by atoms with Gasteiger partial charge in [0, 0.05) is 11.1 Å². The van der Waals surface area contributed by atoms with Crippen LogP contribution in [0, 0.1) is 0 Å². The van der Waals surface area contributed by atoms with E-state index in [9.17, 15) is 4.79 Å². The first-order chi connectivity index (χ1) is 8.72. The van der Waals surface area contributed by atoms with Crippen LogP contribution in [0.25, 0.3) is 0 Å². The van der Waals surface area contributed by atoms with Crippen molar-refractivity contribution in [3.8, 4) is 5.75 Å². The van der Waals surface area contributed by atoms with Crippen molar-refractivity contribution in [2.24, 2.45) is 0 Å². The van der Waals surface area contributed by atoms with Gasteiger partial charge in [-0.05, 0) is 25.1 Å². The van der Waals surface area contributed by atoms with Gasteiger partial charge < -0.3 is 4.74 Å². The Hall–Kier alpha value is -1.80. The Labute approximate surface area is 111 Å². The molecule has 2 rings (SSSR count). The lowest BCUT2D eigenvalue weighted by molar-refractivity contribution is 0.103. The number of hydrogen-bond acceptors (Lipinski definition) is 2. The standard InChI is InChI=1S/C15H13ClO2/c1-2-18-12-8-9-13(14(16)10-12)15(17)11-6-4-3-5-7-11/h3-10H,2H2,1H3. The first-order valence-electron chi connectivity index (χ1n) is 5.74. The first-order valence-corrected chi connectivity index (χ1v) is 6.12. The van der Waals surface area contributed by atoms with E-state index in [0.29, 0.717) is 28.5 Å². The molecular weight excluding hydrogens is 248 g/mol. The maximum atomic E-state index is 12.2. The Bertz CT molecular complexity index is 550. The number of hydrogen-bond donors (Lipinski definition) is 0. The summed E-state index contributed by atoms with van der Waals surface area (Å²) < 4.78 is 5.33. The summed E-state index contributed by atoms with van der Waals surface area (Å²) in [6.45, 7) is 2.47. The normalized spacial score (nSPS) is 10.1. The highest BCUT2D eigenvalue weighted by atomic mass is 35.5. The van der Waals surface area contributed by atoms with Crippen LogP contribution in [0.3, 0.4) is 0 Å². The smallest absolute Gasteiger partial charge is 0.194 e. The summed E-state index contributed by atoms with van der Waals surface area (Å²) >= 11 is 6.11. The van der Waals surface area contributed by atoms with Crippen LogP contribution in [0.2, 0.25) is 5.02 Å². The molecule has 18 heavy (non-hydrogen) atoms. The molecule has 0 spiro atoms. The van der Waals surface area contributed by atoms with E-state index in [1.165, 1.54) is 0 Å². The molecule has 0 saturated heterocycles. The molecule has 0 saturated carbocycles. The Morgan fingerprint density at radius 2 is 1.89 bits per heavy atom. The van der Waals surface area contributed by atoms with Gasteiger partial charge in [-0.25, -0.2) is 0 Å². The lowest BCUT2D eigenvalue weighted by atomic mass is 10.0. The zero-order chi connectivity index (χ0) is 13.0. The van der Waals surface area contributed by atoms with Crippen LogP contribution < -0.4 is 4.74 Å². The maximum absolute atomic E-state index is 12.2. The van der Waals surface area contributed by atoms with Crippen LogP contribution in [-0.2, 0) is 0 Å². The van der Waals surface area contributed by atoms with Crippen molar-refractivity contribution in [1.82, 2.24) is 0 Å². The average Bonchev–Trinajstić information content (AvgIpc) is 2.40. The Balaban J connectivity index is 2.32. The van der Waals surface area contributed by atoms with E-state index in [2.05, 4.69) is 0 Å². The predicted octanol–water partition coefficient (Wildman–Crippen LogP) is 3.97. The van der Waals surface area contributed by atoms with Gasteiger partial charge >= 0.3 is 0 Å². The maximum Gasteiger partial charge on any atom is 0.194 e. The zero-order valence-corrected chi connectivity index (χ0v) is 10.8. The quantitative estimate of drug-likeness (QED) is 0.778. The van der Waals surface area contributed by atoms with Gasteiger partial charge in [-0.2, -0.15) is 0 Å². The summed E-state index contributed by atoms with van der Waals surface area (Å²) in [5, 5.41) is 0.412. The van der Waals surface area contributed by atoms with Crippen molar-refractivity contribution in [2.45, 2.75) is 6.92 Å². The molecule has 0 aliphatic heterocycles. The van der Waals surface area contributed by atoms with Gasteiger partial charge in [0.2, 0.25) is 0 Å². The number of ether oxygens (including phenoxy) is 1. The molecule has 0 unspecified atom stereocenters. The monoisotopic (exact) mass is 260 g/mol. The third kappa shape index (κ3) is 2.71. The Kier molecular flexibility index (Phi) is 4.00. The second-order valence-corrected chi connectivity index (χ2v) is 4.18. The second-order valence-electron chi connectivity index (χ2n) is 3.77. The molecular formula is C15H13ClO2. The fraction of sp³-hybridized carbons (Fsp3) is 0.133. The van der Waals surface area contributed by atoms with Gasteiger partial charge in [-0.15, -0.1) is 0 Å². The summed E-state index contributed by atoms with van der Waals surface area (Å²) in [5.41, 5.74) is 1.12. The van der Waals surface area contributed by atoms with Gasteiger partial charge in [0.25, 0.3) is 0 Å². The fourth-order valence-electron chi connectivity index (χ4n) is 1.68. The van der Waals surface area contributed by atoms with E-state index >= 15 is 0 Å². The van der Waals surface area contributed by atoms with Crippen molar-refractivity contribution in [3.63, 3.8) is 0 Å². The van der Waals surface area contributed by atoms with Crippen LogP contribution in [0.1, 0.15) is 22.8 Å². The van der Waals surface area contributed by atoms with Gasteiger partial charge in [0.05, 0.1) is 11.6 Å². The summed E-state index contributed by atoms with van der Waals surface area (Å²) in [7, 11) is 0. The minimum atomic E-state index is -0.0800. The van der Waals surface area contributed by atoms with Crippen molar-refractivity contribution in [3.05, 3.63) is 64.7 Å². The summed E-state index contributed by atoms with van der Waals surface area (Å²) in [5.74, 6) is 0.593. The number of ketones is 1. The summed E-state index contributed by atoms with van der Waals surface area (Å²) in [4.78, 5) is 12.2. The molecule has 0 radical (unpaired) electrons. The lowest BCUT2D eigenvalue weighted by Gasteiger charge is -2.07. The fourth-order valence-corrected chi connectivity index (χ4v) is 1.94. The molecule has 0 atom stereocenters. The molecule has 0 aliphatic rings. The van der Waals surface area contributed by atoms with E-state index in [1.807, 2.05) is 25.1 Å². The van der Waals surface area contributed by atoms with Gasteiger partial charge in [-0.1, -0.05) is 41.9 Å². The molecule has 92 valence electrons. The zero-order valence-electron chi connectivity index (χ0n) is 10.0. The first kappa shape index (κ1) is 12.7. The molecule has 0 fully saturated rings. The van der Waals surface area contributed by atoms with Crippen molar-refractivity contribution in [2.75, 3.05) is 6.61 Å². The number of carbonyl (C=O) groups excluding carboxylic acids is 1. The molecule has 0 amide bonds. The molecule has 0 bridgehead atoms. The summed E-state index contributed by atoms with van der Waals surface area (Å²) in [6, 6.07) is 14.2. The number of benzene rings is 2. The van der Waals surface area contributed by atoms with Crippen molar-refractivity contribution in [1.29, 1.82) is 0 Å². The molecule has 0 N–H and O–H groups in total. The Morgan fingerprint density at radius 1 is 1.17 bits per heavy atom. The van der Waals surface area contributed by atoms with Crippen LogP contribution in [0.15, 0.2) is 48.5 Å². The van der Waals surface area contributed by atoms with E-state index in [4.69, 9.17) is 16.3 Å². The SMILES string of the molecule is CCOc1ccc(C(=O)c2ccccc2)c(Cl)c1. The van der Waals surface area contributed by atoms with Gasteiger partial charge in [-0.3, -0.25) is 4.79 Å². The molecule has 0 heterocycles. The van der Waals surface area contributed by atoms with Crippen LogP contribution in [0.5, 0.6) is 5.75 Å². The number of rotatable bonds is 4. The minimum absolute atomic E-state index is 0.0800. The van der Waals surface area contributed by atoms with Gasteiger partial charge in [0.15, 0.2) is 5.78 Å². The summed E-state index contributed by atoms with van der Waals surface area (Å²) in [6.07, 6.45) is 0. The minimum Gasteiger partial charge on any atom is -0.494 e. The van der Waals surface area contributed by atoms with Crippen LogP contribution >= 0.6 is 11.6 Å². The van der Waals surface area contributed by atoms with Crippen molar-refractivity contribution >= 4 is 17.4 Å². The molecule has 0 aromatic heterocycles.